The Labute approximate surface area is 178 Å². The number of aryl methyl sites for hydroxylation is 1. The number of alkyl halides is 3. The van der Waals surface area contributed by atoms with Gasteiger partial charge in [0, 0.05) is 37.5 Å². The smallest absolute Gasteiger partial charge is 0.342 e. The van der Waals surface area contributed by atoms with E-state index in [4.69, 9.17) is 0 Å². The molecule has 0 aromatic carbocycles. The number of hydrogen-bond donors (Lipinski definition) is 0. The van der Waals surface area contributed by atoms with Crippen molar-refractivity contribution in [2.75, 3.05) is 13.1 Å². The minimum absolute atomic E-state index is 0.00593. The molecule has 0 N–H and O–H groups in total. The number of likely N-dealkylation sites (tertiary alicyclic amines) is 1. The standard InChI is InChI=1S/C22H28F4N4O/c1-12-8-9-29(14(3)31)11-17(12)18-10-13(2)27-21-19(23)20(28-30(18)21)15-4-6-16(7-5-15)22(24,25)26/h10,12,15-17H,4-9,11H2,1-3H3/t12-,15-,16-,17+/m1/s1. The Morgan fingerprint density at radius 3 is 2.45 bits per heavy atom. The SMILES string of the molecule is CC(=O)N1CC[C@@H](C)[C@@H](c2cc(C)nc3c(F)c([C@H]4CC[C@H](C(F)(F)F)CC4)nn23)C1. The summed E-state index contributed by atoms with van der Waals surface area (Å²) in [7, 11) is 0. The van der Waals surface area contributed by atoms with Crippen LogP contribution in [0.5, 0.6) is 0 Å². The van der Waals surface area contributed by atoms with Gasteiger partial charge in [-0.05, 0) is 51.0 Å². The van der Waals surface area contributed by atoms with Crippen molar-refractivity contribution in [3.8, 4) is 0 Å². The number of hydrogen-bond acceptors (Lipinski definition) is 3. The third kappa shape index (κ3) is 4.15. The Bertz CT molecular complexity index is 978. The normalized spacial score (nSPS) is 27.6. The Morgan fingerprint density at radius 1 is 1.16 bits per heavy atom. The minimum Gasteiger partial charge on any atom is -0.342 e. The van der Waals surface area contributed by atoms with Crippen LogP contribution in [0.15, 0.2) is 6.07 Å². The fourth-order valence-corrected chi connectivity index (χ4v) is 5.12. The van der Waals surface area contributed by atoms with Crippen LogP contribution in [0.25, 0.3) is 5.65 Å². The Kier molecular flexibility index (Phi) is 5.72. The lowest BCUT2D eigenvalue weighted by Crippen LogP contribution is -2.41. The van der Waals surface area contributed by atoms with Crippen LogP contribution in [-0.2, 0) is 4.79 Å². The van der Waals surface area contributed by atoms with E-state index in [2.05, 4.69) is 17.0 Å². The van der Waals surface area contributed by atoms with Crippen LogP contribution >= 0.6 is 0 Å². The summed E-state index contributed by atoms with van der Waals surface area (Å²) in [5.74, 6) is -1.93. The molecule has 2 fully saturated rings. The van der Waals surface area contributed by atoms with Crippen LogP contribution in [0, 0.1) is 24.6 Å². The zero-order valence-electron chi connectivity index (χ0n) is 18.0. The van der Waals surface area contributed by atoms with Gasteiger partial charge in [0.05, 0.1) is 11.6 Å². The molecule has 1 amide bonds. The first-order valence-corrected chi connectivity index (χ1v) is 10.9. The summed E-state index contributed by atoms with van der Waals surface area (Å²) in [5.41, 5.74) is 1.79. The second-order valence-electron chi connectivity index (χ2n) is 9.18. The van der Waals surface area contributed by atoms with Crippen molar-refractivity contribution < 1.29 is 22.4 Å². The third-order valence-electron chi connectivity index (χ3n) is 7.07. The van der Waals surface area contributed by atoms with Crippen LogP contribution in [0.2, 0.25) is 0 Å². The summed E-state index contributed by atoms with van der Waals surface area (Å²) < 4.78 is 55.9. The van der Waals surface area contributed by atoms with Crippen molar-refractivity contribution in [1.82, 2.24) is 19.5 Å². The van der Waals surface area contributed by atoms with Crippen molar-refractivity contribution in [3.05, 3.63) is 29.0 Å². The van der Waals surface area contributed by atoms with Crippen molar-refractivity contribution in [3.63, 3.8) is 0 Å². The molecule has 2 aromatic rings. The Balaban J connectivity index is 1.69. The summed E-state index contributed by atoms with van der Waals surface area (Å²) in [6, 6.07) is 1.88. The summed E-state index contributed by atoms with van der Waals surface area (Å²) in [5, 5.41) is 4.54. The molecule has 0 spiro atoms. The Morgan fingerprint density at radius 2 is 1.84 bits per heavy atom. The van der Waals surface area contributed by atoms with Gasteiger partial charge in [0.25, 0.3) is 0 Å². The van der Waals surface area contributed by atoms with Gasteiger partial charge in [-0.25, -0.2) is 13.9 Å². The van der Waals surface area contributed by atoms with Gasteiger partial charge in [-0.1, -0.05) is 6.92 Å². The molecule has 1 aliphatic heterocycles. The molecule has 2 aromatic heterocycles. The lowest BCUT2D eigenvalue weighted by atomic mass is 9.80. The van der Waals surface area contributed by atoms with Gasteiger partial charge in [-0.3, -0.25) is 4.79 Å². The first-order chi connectivity index (χ1) is 14.6. The topological polar surface area (TPSA) is 50.5 Å². The molecule has 1 aliphatic carbocycles. The van der Waals surface area contributed by atoms with Gasteiger partial charge in [0.1, 0.15) is 5.69 Å². The van der Waals surface area contributed by atoms with Crippen LogP contribution in [-0.4, -0.2) is 44.7 Å². The van der Waals surface area contributed by atoms with Gasteiger partial charge in [-0.15, -0.1) is 0 Å². The molecule has 170 valence electrons. The zero-order valence-corrected chi connectivity index (χ0v) is 18.0. The fraction of sp³-hybridized carbons (Fsp3) is 0.682. The van der Waals surface area contributed by atoms with Crippen molar-refractivity contribution >= 4 is 11.6 Å². The fourth-order valence-electron chi connectivity index (χ4n) is 5.12. The highest BCUT2D eigenvalue weighted by Crippen LogP contribution is 2.43. The van der Waals surface area contributed by atoms with Crippen LogP contribution in [0.3, 0.4) is 0 Å². The number of amides is 1. The predicted molar refractivity (Wildman–Crippen MR) is 107 cm³/mol. The molecule has 5 nitrogen and oxygen atoms in total. The van der Waals surface area contributed by atoms with Gasteiger partial charge >= 0.3 is 6.18 Å². The molecule has 2 atom stereocenters. The number of carbonyl (C=O) groups excluding carboxylic acids is 1. The predicted octanol–water partition coefficient (Wildman–Crippen LogP) is 4.98. The van der Waals surface area contributed by atoms with Crippen molar-refractivity contribution in [2.24, 2.45) is 11.8 Å². The number of piperidine rings is 1. The lowest BCUT2D eigenvalue weighted by molar-refractivity contribution is -0.182. The van der Waals surface area contributed by atoms with E-state index in [1.54, 1.807) is 18.7 Å². The minimum atomic E-state index is -4.20. The molecular formula is C22H28F4N4O. The molecule has 9 heteroatoms. The first kappa shape index (κ1) is 22.0. The quantitative estimate of drug-likeness (QED) is 0.619. The van der Waals surface area contributed by atoms with E-state index in [-0.39, 0.29) is 60.7 Å². The van der Waals surface area contributed by atoms with E-state index in [1.807, 2.05) is 6.07 Å². The summed E-state index contributed by atoms with van der Waals surface area (Å²) in [6.45, 7) is 6.68. The molecule has 0 radical (unpaired) electrons. The Hall–Kier alpha value is -2.19. The maximum absolute atomic E-state index is 15.3. The lowest BCUT2D eigenvalue weighted by Gasteiger charge is -2.36. The molecule has 3 heterocycles. The number of halogens is 4. The van der Waals surface area contributed by atoms with E-state index >= 15 is 4.39 Å². The molecule has 2 aliphatic rings. The summed E-state index contributed by atoms with van der Waals surface area (Å²) in [6.07, 6.45) is -2.85. The summed E-state index contributed by atoms with van der Waals surface area (Å²) >= 11 is 0. The van der Waals surface area contributed by atoms with E-state index in [1.165, 1.54) is 4.52 Å². The highest BCUT2D eigenvalue weighted by molar-refractivity contribution is 5.73. The monoisotopic (exact) mass is 440 g/mol. The van der Waals surface area contributed by atoms with Crippen molar-refractivity contribution in [1.29, 1.82) is 0 Å². The number of aromatic nitrogens is 3. The van der Waals surface area contributed by atoms with Crippen LogP contribution in [0.1, 0.15) is 74.9 Å². The van der Waals surface area contributed by atoms with Gasteiger partial charge < -0.3 is 4.90 Å². The maximum atomic E-state index is 15.3. The largest absolute Gasteiger partial charge is 0.391 e. The number of nitrogens with zero attached hydrogens (tertiary/aromatic N) is 4. The average Bonchev–Trinajstić information content (AvgIpc) is 3.03. The summed E-state index contributed by atoms with van der Waals surface area (Å²) in [4.78, 5) is 18.1. The molecule has 0 unspecified atom stereocenters. The van der Waals surface area contributed by atoms with E-state index in [9.17, 15) is 18.0 Å². The van der Waals surface area contributed by atoms with Crippen LogP contribution in [0.4, 0.5) is 17.6 Å². The second kappa shape index (κ2) is 8.06. The molecular weight excluding hydrogens is 412 g/mol. The zero-order chi connectivity index (χ0) is 22.5. The molecule has 0 bridgehead atoms. The highest BCUT2D eigenvalue weighted by atomic mass is 19.4. The van der Waals surface area contributed by atoms with E-state index in [0.717, 1.165) is 12.1 Å². The molecule has 31 heavy (non-hydrogen) atoms. The first-order valence-electron chi connectivity index (χ1n) is 10.9. The third-order valence-corrected chi connectivity index (χ3v) is 7.07. The van der Waals surface area contributed by atoms with Gasteiger partial charge in [0.15, 0.2) is 11.5 Å². The van der Waals surface area contributed by atoms with Gasteiger partial charge in [-0.2, -0.15) is 18.3 Å². The second-order valence-corrected chi connectivity index (χ2v) is 9.18. The van der Waals surface area contributed by atoms with Crippen LogP contribution < -0.4 is 0 Å². The molecule has 1 saturated heterocycles. The van der Waals surface area contributed by atoms with Crippen molar-refractivity contribution in [2.45, 2.75) is 70.9 Å². The average molecular weight is 440 g/mol. The number of fused-ring (bicyclic) bond motifs is 1. The van der Waals surface area contributed by atoms with E-state index < -0.39 is 17.9 Å². The van der Waals surface area contributed by atoms with E-state index in [0.29, 0.717) is 18.8 Å². The molecule has 4 rings (SSSR count). The maximum Gasteiger partial charge on any atom is 0.391 e. The van der Waals surface area contributed by atoms with Gasteiger partial charge in [0.2, 0.25) is 5.91 Å². The number of rotatable bonds is 2. The highest BCUT2D eigenvalue weighted by Gasteiger charge is 2.42. The molecule has 1 saturated carbocycles. The number of carbonyl (C=O) groups is 1.